The van der Waals surface area contributed by atoms with Crippen molar-refractivity contribution >= 4 is 17.4 Å². The molecule has 3 N–H and O–H groups in total. The zero-order valence-electron chi connectivity index (χ0n) is 11.2. The van der Waals surface area contributed by atoms with Crippen molar-refractivity contribution in [1.29, 1.82) is 0 Å². The highest BCUT2D eigenvalue weighted by Gasteiger charge is 2.33. The maximum atomic E-state index is 11.5. The maximum absolute atomic E-state index is 11.5. The van der Waals surface area contributed by atoms with E-state index in [1.807, 2.05) is 25.1 Å². The van der Waals surface area contributed by atoms with Crippen LogP contribution in [0.4, 0.5) is 5.69 Å². The number of hydrogen-bond acceptors (Lipinski definition) is 5. The summed E-state index contributed by atoms with van der Waals surface area (Å²) in [5, 5.41) is 5.85. The van der Waals surface area contributed by atoms with Gasteiger partial charge in [0.05, 0.1) is 18.7 Å². The summed E-state index contributed by atoms with van der Waals surface area (Å²) in [6.45, 7) is 5.98. The molecule has 0 aromatic heterocycles. The summed E-state index contributed by atoms with van der Waals surface area (Å²) in [4.78, 5) is 21.6. The molecule has 20 heavy (non-hydrogen) atoms. The molecule has 2 heterocycles. The Morgan fingerprint density at radius 3 is 3.25 bits per heavy atom. The Bertz CT molecular complexity index is 611. The van der Waals surface area contributed by atoms with Gasteiger partial charge < -0.3 is 10.6 Å². The fourth-order valence-electron chi connectivity index (χ4n) is 2.34. The predicted molar refractivity (Wildman–Crippen MR) is 76.1 cm³/mol. The first-order chi connectivity index (χ1) is 9.61. The van der Waals surface area contributed by atoms with E-state index < -0.39 is 5.72 Å². The molecule has 0 radical (unpaired) electrons. The van der Waals surface area contributed by atoms with Crippen molar-refractivity contribution in [1.82, 2.24) is 10.8 Å². The van der Waals surface area contributed by atoms with Crippen molar-refractivity contribution in [3.8, 4) is 0 Å². The van der Waals surface area contributed by atoms with Crippen molar-refractivity contribution in [2.75, 3.05) is 11.9 Å². The van der Waals surface area contributed by atoms with Crippen LogP contribution in [0.2, 0.25) is 0 Å². The smallest absolute Gasteiger partial charge is 0.228 e. The molecular weight excluding hydrogens is 256 g/mol. The number of nitrogens with one attached hydrogen (secondary N) is 3. The van der Waals surface area contributed by atoms with Crippen LogP contribution in [0.3, 0.4) is 0 Å². The van der Waals surface area contributed by atoms with E-state index in [2.05, 4.69) is 27.7 Å². The second-order valence-corrected chi connectivity index (χ2v) is 4.99. The second kappa shape index (κ2) is 4.64. The van der Waals surface area contributed by atoms with Crippen LogP contribution in [0.25, 0.3) is 0 Å². The molecule has 0 aliphatic carbocycles. The monoisotopic (exact) mass is 272 g/mol. The minimum atomic E-state index is -0.700. The quantitative estimate of drug-likeness (QED) is 0.761. The van der Waals surface area contributed by atoms with Gasteiger partial charge in [-0.05, 0) is 24.8 Å². The van der Waals surface area contributed by atoms with Crippen LogP contribution in [-0.2, 0) is 16.1 Å². The van der Waals surface area contributed by atoms with Crippen LogP contribution >= 0.6 is 0 Å². The molecule has 1 aromatic carbocycles. The van der Waals surface area contributed by atoms with Gasteiger partial charge in [0.25, 0.3) is 0 Å². The van der Waals surface area contributed by atoms with E-state index in [-0.39, 0.29) is 5.91 Å². The molecule has 0 bridgehead atoms. The number of carbonyl (C=O) groups is 1. The average molecular weight is 272 g/mol. The average Bonchev–Trinajstić information content (AvgIpc) is 2.99. The highest BCUT2D eigenvalue weighted by atomic mass is 16.7. The number of anilines is 1. The topological polar surface area (TPSA) is 74.8 Å². The second-order valence-electron chi connectivity index (χ2n) is 4.99. The van der Waals surface area contributed by atoms with Crippen molar-refractivity contribution in [3.63, 3.8) is 0 Å². The third-order valence-electron chi connectivity index (χ3n) is 3.31. The van der Waals surface area contributed by atoms with E-state index in [1.165, 1.54) is 0 Å². The van der Waals surface area contributed by atoms with Crippen LogP contribution in [-0.4, -0.2) is 24.0 Å². The predicted octanol–water partition coefficient (Wildman–Crippen LogP) is 0.912. The van der Waals surface area contributed by atoms with Gasteiger partial charge in [-0.1, -0.05) is 18.7 Å². The molecule has 6 nitrogen and oxygen atoms in total. The largest absolute Gasteiger partial charge is 0.386 e. The number of nitrogens with zero attached hydrogens (tertiary/aromatic N) is 1. The molecule has 1 atom stereocenters. The van der Waals surface area contributed by atoms with Crippen LogP contribution in [0, 0.1) is 0 Å². The van der Waals surface area contributed by atoms with Gasteiger partial charge in [-0.25, -0.2) is 15.3 Å². The molecule has 1 aromatic rings. The standard InChI is InChI=1S/C14H16N4O2/c1-3-15-8-14(2)17-13(18-20-14)10-6-4-5-9-7-11(19)16-12(9)10/h3-6,15H,1,7-8H2,2H3,(H,16,19)(H,17,18). The summed E-state index contributed by atoms with van der Waals surface area (Å²) < 4.78 is 0. The van der Waals surface area contributed by atoms with Crippen molar-refractivity contribution in [2.45, 2.75) is 19.1 Å². The molecule has 1 amide bonds. The number of rotatable bonds is 4. The van der Waals surface area contributed by atoms with E-state index >= 15 is 0 Å². The molecule has 0 spiro atoms. The van der Waals surface area contributed by atoms with Gasteiger partial charge in [-0.15, -0.1) is 0 Å². The van der Waals surface area contributed by atoms with E-state index in [0.29, 0.717) is 18.8 Å². The van der Waals surface area contributed by atoms with E-state index in [1.54, 1.807) is 6.20 Å². The number of hydroxylamine groups is 1. The Hall–Kier alpha value is -2.34. The molecule has 0 fully saturated rings. The van der Waals surface area contributed by atoms with E-state index in [0.717, 1.165) is 16.8 Å². The van der Waals surface area contributed by atoms with Gasteiger partial charge in [-0.2, -0.15) is 0 Å². The number of hydrogen-bond donors (Lipinski definition) is 3. The van der Waals surface area contributed by atoms with Crippen LogP contribution < -0.4 is 16.1 Å². The van der Waals surface area contributed by atoms with Gasteiger partial charge in [0.1, 0.15) is 0 Å². The molecule has 0 saturated carbocycles. The van der Waals surface area contributed by atoms with Gasteiger partial charge >= 0.3 is 0 Å². The lowest BCUT2D eigenvalue weighted by Gasteiger charge is -2.17. The Labute approximate surface area is 116 Å². The van der Waals surface area contributed by atoms with Crippen LogP contribution in [0.1, 0.15) is 18.1 Å². The molecule has 0 saturated heterocycles. The number of para-hydroxylation sites is 1. The molecule has 2 aliphatic rings. The van der Waals surface area contributed by atoms with E-state index in [4.69, 9.17) is 4.84 Å². The Kier molecular flexibility index (Phi) is 2.94. The minimum absolute atomic E-state index is 0.00283. The number of aliphatic imine (C=N–C) groups is 1. The van der Waals surface area contributed by atoms with Crippen LogP contribution in [0.15, 0.2) is 36.0 Å². The molecule has 3 rings (SSSR count). The fourth-order valence-corrected chi connectivity index (χ4v) is 2.34. The molecular formula is C14H16N4O2. The Balaban J connectivity index is 1.92. The Morgan fingerprint density at radius 1 is 1.60 bits per heavy atom. The normalized spacial score (nSPS) is 23.6. The summed E-state index contributed by atoms with van der Waals surface area (Å²) in [5.74, 6) is 0.625. The van der Waals surface area contributed by atoms with Crippen molar-refractivity contribution in [2.24, 2.45) is 4.99 Å². The van der Waals surface area contributed by atoms with Crippen molar-refractivity contribution in [3.05, 3.63) is 42.1 Å². The highest BCUT2D eigenvalue weighted by Crippen LogP contribution is 2.29. The van der Waals surface area contributed by atoms with Crippen molar-refractivity contribution < 1.29 is 9.63 Å². The number of fused-ring (bicyclic) bond motifs is 1. The summed E-state index contributed by atoms with van der Waals surface area (Å²) in [6, 6.07) is 5.76. The van der Waals surface area contributed by atoms with E-state index in [9.17, 15) is 4.79 Å². The number of carbonyl (C=O) groups excluding carboxylic acids is 1. The number of amides is 1. The molecule has 2 aliphatic heterocycles. The maximum Gasteiger partial charge on any atom is 0.228 e. The zero-order chi connectivity index (χ0) is 14.2. The number of amidine groups is 1. The lowest BCUT2D eigenvalue weighted by atomic mass is 10.1. The Morgan fingerprint density at radius 2 is 2.45 bits per heavy atom. The minimum Gasteiger partial charge on any atom is -0.386 e. The molecule has 6 heteroatoms. The summed E-state index contributed by atoms with van der Waals surface area (Å²) >= 11 is 0. The first kappa shape index (κ1) is 12.7. The lowest BCUT2D eigenvalue weighted by Crippen LogP contribution is -2.36. The van der Waals surface area contributed by atoms with Gasteiger partial charge in [-0.3, -0.25) is 4.79 Å². The fraction of sp³-hybridized carbons (Fsp3) is 0.286. The zero-order valence-corrected chi connectivity index (χ0v) is 11.2. The van der Waals surface area contributed by atoms with Crippen LogP contribution in [0.5, 0.6) is 0 Å². The SMILES string of the molecule is C=CNCC1(C)N=C(c2cccc3c2NC(=O)C3)NO1. The molecule has 104 valence electrons. The summed E-state index contributed by atoms with van der Waals surface area (Å²) in [5.41, 5.74) is 4.78. The van der Waals surface area contributed by atoms with Gasteiger partial charge in [0.2, 0.25) is 11.6 Å². The van der Waals surface area contributed by atoms with Gasteiger partial charge in [0.15, 0.2) is 5.84 Å². The first-order valence-electron chi connectivity index (χ1n) is 6.41. The summed E-state index contributed by atoms with van der Waals surface area (Å²) in [6.07, 6.45) is 2.01. The first-order valence-corrected chi connectivity index (χ1v) is 6.41. The summed E-state index contributed by atoms with van der Waals surface area (Å²) in [7, 11) is 0. The number of benzene rings is 1. The third kappa shape index (κ3) is 2.14. The third-order valence-corrected chi connectivity index (χ3v) is 3.31. The van der Waals surface area contributed by atoms with Gasteiger partial charge in [0, 0.05) is 5.56 Å². The molecule has 1 unspecified atom stereocenters. The lowest BCUT2D eigenvalue weighted by molar-refractivity contribution is -0.115. The highest BCUT2D eigenvalue weighted by molar-refractivity contribution is 6.10.